The molecule has 3 spiro atoms. The summed E-state index contributed by atoms with van der Waals surface area (Å²) in [6.45, 7) is 1.81. The van der Waals surface area contributed by atoms with E-state index < -0.39 is 51.9 Å². The van der Waals surface area contributed by atoms with Crippen molar-refractivity contribution in [2.75, 3.05) is 73.4 Å². The number of H-pyrrole nitrogens is 1. The van der Waals surface area contributed by atoms with Gasteiger partial charge in [-0.1, -0.05) is 6.42 Å². The summed E-state index contributed by atoms with van der Waals surface area (Å²) in [5, 5.41) is 73.0. The molecule has 3 atom stereocenters. The number of anilines is 3. The Kier molecular flexibility index (Phi) is 12.1. The van der Waals surface area contributed by atoms with E-state index in [9.17, 15) is 59.0 Å². The first-order valence-corrected chi connectivity index (χ1v) is 28.4. The molecule has 0 radical (unpaired) electrons. The third-order valence-electron chi connectivity index (χ3n) is 18.6. The number of hydrogen-bond acceptors (Lipinski definition) is 18. The second kappa shape index (κ2) is 18.5. The van der Waals surface area contributed by atoms with Crippen molar-refractivity contribution in [3.05, 3.63) is 95.5 Å². The Labute approximate surface area is 441 Å². The SMILES string of the molecule is CS(=O)(=O)c1ccc2[nH]c(=O)c(C#N)c(N3CCC4(CC3)CC(n3c(=O)c(C#N)c(N5CCC6(CC5)CC6n5c(=O)c(C#N)c(N6CCC7(CCC7)CC6)c6nc(C(O)CO)ccc65)c5nc(C(O)CO)ccc53)C4)c2n1. The van der Waals surface area contributed by atoms with Gasteiger partial charge in [-0.15, -0.1) is 0 Å². The highest BCUT2D eigenvalue weighted by atomic mass is 32.2. The number of nitrogens with zero attached hydrogens (tertiary/aromatic N) is 11. The fourth-order valence-corrected chi connectivity index (χ4v) is 14.5. The van der Waals surface area contributed by atoms with E-state index >= 15 is 0 Å². The van der Waals surface area contributed by atoms with E-state index in [0.29, 0.717) is 129 Å². The number of aromatic amines is 1. The largest absolute Gasteiger partial charge is 0.393 e. The van der Waals surface area contributed by atoms with Gasteiger partial charge in [0.15, 0.2) is 14.9 Å². The minimum atomic E-state index is -3.71. The highest BCUT2D eigenvalue weighted by molar-refractivity contribution is 7.90. The zero-order valence-corrected chi connectivity index (χ0v) is 43.4. The number of rotatable bonds is 10. The minimum absolute atomic E-state index is 0.00211. The third kappa shape index (κ3) is 8.07. The number of fused-ring (bicyclic) bond motifs is 3. The van der Waals surface area contributed by atoms with Crippen LogP contribution in [0.25, 0.3) is 33.1 Å². The van der Waals surface area contributed by atoms with Gasteiger partial charge in [0.25, 0.3) is 16.7 Å². The standard InChI is InChI=1S/C55H58N12O9S/c1-77(75,76)43-8-5-37-44(62-43)47(32(26-56)50(72)61-37)63-19-13-54(14-20-63)23-31(24-54)66-38-6-3-35(40(70)29-68)59-45(38)48(33(27-57)51(66)73)65-21-15-55(16-22-65)25-42(55)67-39-7-4-36(41(71)30-69)60-46(39)49(34(28-58)52(67)74)64-17-11-53(12-18-64)9-2-10-53/h3-8,31,40-42,68-71H,2,9-25,29-30H2,1H3,(H,61,72). The summed E-state index contributed by atoms with van der Waals surface area (Å²) in [7, 11) is -3.71. The maximum Gasteiger partial charge on any atom is 0.271 e. The number of sulfone groups is 1. The van der Waals surface area contributed by atoms with Gasteiger partial charge in [0.2, 0.25) is 0 Å². The summed E-state index contributed by atoms with van der Waals surface area (Å²) in [4.78, 5) is 65.5. The molecule has 3 unspecified atom stereocenters. The Balaban J connectivity index is 0.832. The highest BCUT2D eigenvalue weighted by Crippen LogP contribution is 2.63. The average molecular weight is 1060 g/mol. The maximum absolute atomic E-state index is 14.9. The molecule has 77 heavy (non-hydrogen) atoms. The molecule has 22 heteroatoms. The number of aliphatic hydroxyl groups is 4. The van der Waals surface area contributed by atoms with Crippen LogP contribution in [0, 0.1) is 50.2 Å². The van der Waals surface area contributed by atoms with Crippen molar-refractivity contribution < 1.29 is 28.8 Å². The van der Waals surface area contributed by atoms with Crippen molar-refractivity contribution in [2.45, 2.75) is 106 Å². The molecule has 21 nitrogen and oxygen atoms in total. The Morgan fingerprint density at radius 3 is 1.58 bits per heavy atom. The van der Waals surface area contributed by atoms with Gasteiger partial charge in [-0.3, -0.25) is 14.4 Å². The lowest BCUT2D eigenvalue weighted by molar-refractivity contribution is 0.0357. The lowest BCUT2D eigenvalue weighted by Crippen LogP contribution is -2.50. The molecule has 6 aromatic rings. The summed E-state index contributed by atoms with van der Waals surface area (Å²) in [5.74, 6) is 0. The Morgan fingerprint density at radius 2 is 1.10 bits per heavy atom. The number of pyridine rings is 6. The Hall–Kier alpha value is -7.26. The van der Waals surface area contributed by atoms with E-state index in [1.54, 1.807) is 33.4 Å². The van der Waals surface area contributed by atoms with E-state index in [0.717, 1.165) is 19.1 Å². The molecule has 9 heterocycles. The predicted molar refractivity (Wildman–Crippen MR) is 283 cm³/mol. The van der Waals surface area contributed by atoms with E-state index in [2.05, 4.69) is 27.0 Å². The van der Waals surface area contributed by atoms with Gasteiger partial charge in [0, 0.05) is 57.6 Å². The number of nitrogens with one attached hydrogen (secondary N) is 1. The Bertz CT molecular complexity index is 3890. The van der Waals surface area contributed by atoms with Crippen molar-refractivity contribution in [1.29, 1.82) is 15.8 Å². The van der Waals surface area contributed by atoms with Crippen LogP contribution in [0.1, 0.15) is 129 Å². The molecule has 6 aromatic heterocycles. The average Bonchev–Trinajstić information content (AvgIpc) is 4.20. The fraction of sp³-hybridized carbons (Fsp3) is 0.509. The molecule has 0 aromatic carbocycles. The van der Waals surface area contributed by atoms with Crippen molar-refractivity contribution >= 4 is 60.0 Å². The topological polar surface area (TPSA) is 312 Å². The van der Waals surface area contributed by atoms with Crippen molar-refractivity contribution in [2.24, 2.45) is 16.2 Å². The first-order chi connectivity index (χ1) is 37.0. The molecule has 0 bridgehead atoms. The van der Waals surface area contributed by atoms with Gasteiger partial charge in [-0.25, -0.2) is 23.4 Å². The highest BCUT2D eigenvalue weighted by Gasteiger charge is 2.58. The van der Waals surface area contributed by atoms with Crippen LogP contribution in [0.5, 0.6) is 0 Å². The van der Waals surface area contributed by atoms with Crippen LogP contribution < -0.4 is 31.4 Å². The van der Waals surface area contributed by atoms with Gasteiger partial charge in [-0.05, 0) is 123 Å². The quantitative estimate of drug-likeness (QED) is 0.129. The van der Waals surface area contributed by atoms with Crippen molar-refractivity contribution in [1.82, 2.24) is 29.1 Å². The zero-order valence-electron chi connectivity index (χ0n) is 42.6. The summed E-state index contributed by atoms with van der Waals surface area (Å²) in [6.07, 6.45) is 8.08. The van der Waals surface area contributed by atoms with Gasteiger partial charge < -0.3 is 49.2 Å². The van der Waals surface area contributed by atoms with Gasteiger partial charge in [-0.2, -0.15) is 15.8 Å². The summed E-state index contributed by atoms with van der Waals surface area (Å²) in [6, 6.07) is 15.3. The van der Waals surface area contributed by atoms with Crippen molar-refractivity contribution in [3.8, 4) is 18.2 Å². The van der Waals surface area contributed by atoms with E-state index in [1.165, 1.54) is 31.4 Å². The van der Waals surface area contributed by atoms with E-state index in [1.807, 2.05) is 15.9 Å². The van der Waals surface area contributed by atoms with Crippen LogP contribution in [0.2, 0.25) is 0 Å². The van der Waals surface area contributed by atoms with Crippen LogP contribution in [0.15, 0.2) is 55.8 Å². The molecule has 3 aliphatic heterocycles. The smallest absolute Gasteiger partial charge is 0.271 e. The van der Waals surface area contributed by atoms with Crippen LogP contribution in [-0.2, 0) is 9.84 Å². The number of aliphatic hydroxyl groups excluding tert-OH is 4. The number of piperidine rings is 3. The number of nitriles is 3. The molecule has 0 amide bonds. The molecule has 3 aliphatic carbocycles. The summed E-state index contributed by atoms with van der Waals surface area (Å²) < 4.78 is 28.3. The molecular formula is C55H58N12O9S. The Morgan fingerprint density at radius 1 is 0.623 bits per heavy atom. The zero-order chi connectivity index (χ0) is 53.9. The van der Waals surface area contributed by atoms with Gasteiger partial charge in [0.1, 0.15) is 63.7 Å². The maximum atomic E-state index is 14.9. The normalized spacial score (nSPS) is 21.4. The second-order valence-electron chi connectivity index (χ2n) is 22.7. The van der Waals surface area contributed by atoms with Crippen LogP contribution in [0.3, 0.4) is 0 Å². The first kappa shape index (κ1) is 50.6. The van der Waals surface area contributed by atoms with E-state index in [-0.39, 0.29) is 67.2 Å². The lowest BCUT2D eigenvalue weighted by Gasteiger charge is -2.53. The molecule has 6 aliphatic rings. The van der Waals surface area contributed by atoms with Gasteiger partial charge >= 0.3 is 0 Å². The second-order valence-corrected chi connectivity index (χ2v) is 24.7. The molecule has 3 saturated carbocycles. The molecule has 3 saturated heterocycles. The number of hydrogen-bond donors (Lipinski definition) is 5. The van der Waals surface area contributed by atoms with Crippen molar-refractivity contribution in [3.63, 3.8) is 0 Å². The lowest BCUT2D eigenvalue weighted by atomic mass is 9.60. The minimum Gasteiger partial charge on any atom is -0.393 e. The van der Waals surface area contributed by atoms with Crippen LogP contribution in [-0.4, -0.2) is 117 Å². The number of aromatic nitrogens is 6. The van der Waals surface area contributed by atoms with Gasteiger partial charge in [0.05, 0.1) is 58.2 Å². The molecule has 6 fully saturated rings. The fourth-order valence-electron chi connectivity index (χ4n) is 13.9. The monoisotopic (exact) mass is 1060 g/mol. The molecule has 5 N–H and O–H groups in total. The van der Waals surface area contributed by atoms with E-state index in [4.69, 9.17) is 9.97 Å². The summed E-state index contributed by atoms with van der Waals surface area (Å²) >= 11 is 0. The molecule has 12 rings (SSSR count). The summed E-state index contributed by atoms with van der Waals surface area (Å²) in [5.41, 5.74) is 1.74. The third-order valence-corrected chi connectivity index (χ3v) is 19.6. The van der Waals surface area contributed by atoms with Crippen LogP contribution >= 0.6 is 0 Å². The predicted octanol–water partition coefficient (Wildman–Crippen LogP) is 4.04. The first-order valence-electron chi connectivity index (χ1n) is 26.5. The molecular weight excluding hydrogens is 1000 g/mol. The molecule has 398 valence electrons. The van der Waals surface area contributed by atoms with Crippen LogP contribution in [0.4, 0.5) is 17.1 Å².